The fourth-order valence-electron chi connectivity index (χ4n) is 8.92. The molecule has 4 saturated carbocycles. The summed E-state index contributed by atoms with van der Waals surface area (Å²) < 4.78 is 11.6. The largest absolute Gasteiger partial charge is 0.478 e. The molecule has 0 aromatic heterocycles. The molecule has 244 valence electrons. The maximum atomic E-state index is 13.3. The van der Waals surface area contributed by atoms with E-state index in [0.717, 1.165) is 70.9 Å². The van der Waals surface area contributed by atoms with Crippen LogP contribution < -0.4 is 10.1 Å². The first-order chi connectivity index (χ1) is 22.8. The van der Waals surface area contributed by atoms with Gasteiger partial charge in [0.25, 0.3) is 0 Å². The van der Waals surface area contributed by atoms with Gasteiger partial charge in [0.05, 0.1) is 0 Å². The van der Waals surface area contributed by atoms with E-state index in [-0.39, 0.29) is 24.2 Å². The number of ether oxygens (including phenoxy) is 2. The molecular formula is C39H42N2O6. The molecule has 8 rings (SSSR count). The molecular weight excluding hydrogens is 592 g/mol. The summed E-state index contributed by atoms with van der Waals surface area (Å²) in [5.74, 6) is 1.86. The second kappa shape index (κ2) is 13.3. The number of nitrogens with one attached hydrogen (secondary N) is 1. The summed E-state index contributed by atoms with van der Waals surface area (Å²) in [6, 6.07) is 23.6. The fraction of sp³-hybridized carbons (Fsp3) is 0.410. The molecule has 2 amide bonds. The van der Waals surface area contributed by atoms with Crippen molar-refractivity contribution in [2.45, 2.75) is 69.4 Å². The lowest BCUT2D eigenvalue weighted by Crippen LogP contribution is -2.49. The molecule has 5 aliphatic rings. The van der Waals surface area contributed by atoms with Crippen LogP contribution in [0.15, 0.2) is 78.9 Å². The van der Waals surface area contributed by atoms with E-state index < -0.39 is 12.1 Å². The van der Waals surface area contributed by atoms with E-state index in [1.54, 1.807) is 11.0 Å². The van der Waals surface area contributed by atoms with Crippen molar-refractivity contribution < 1.29 is 29.0 Å². The molecule has 0 atom stereocenters. The number of hydrogen-bond donors (Lipinski definition) is 2. The highest BCUT2D eigenvalue weighted by Gasteiger charge is 2.52. The first kappa shape index (κ1) is 31.0. The van der Waals surface area contributed by atoms with Crippen LogP contribution in [0, 0.1) is 17.8 Å². The van der Waals surface area contributed by atoms with E-state index in [1.165, 1.54) is 19.3 Å². The Bertz CT molecular complexity index is 1610. The molecule has 0 unspecified atom stereocenters. The Balaban J connectivity index is 1.03. The molecule has 8 nitrogen and oxygen atoms in total. The van der Waals surface area contributed by atoms with Gasteiger partial charge in [-0.3, -0.25) is 0 Å². The molecule has 0 radical (unpaired) electrons. The molecule has 0 spiro atoms. The van der Waals surface area contributed by atoms with Gasteiger partial charge in [-0.15, -0.1) is 0 Å². The number of carbonyl (C=O) groups is 3. The van der Waals surface area contributed by atoms with Crippen LogP contribution in [0.1, 0.15) is 68.1 Å². The van der Waals surface area contributed by atoms with Crippen LogP contribution in [-0.2, 0) is 21.6 Å². The number of amides is 2. The first-order valence-corrected chi connectivity index (χ1v) is 16.9. The quantitative estimate of drug-likeness (QED) is 0.245. The molecule has 4 bridgehead atoms. The Kier molecular flexibility index (Phi) is 8.76. The number of piperidine rings is 1. The van der Waals surface area contributed by atoms with Crippen LogP contribution in [0.4, 0.5) is 9.59 Å². The Morgan fingerprint density at radius 3 is 2.13 bits per heavy atom. The smallest absolute Gasteiger partial charge is 0.412 e. The predicted molar refractivity (Wildman–Crippen MR) is 179 cm³/mol. The van der Waals surface area contributed by atoms with Gasteiger partial charge in [0.15, 0.2) is 0 Å². The third-order valence-electron chi connectivity index (χ3n) is 10.7. The molecule has 1 heterocycles. The van der Waals surface area contributed by atoms with Gasteiger partial charge in [0.2, 0.25) is 0 Å². The van der Waals surface area contributed by atoms with Crippen LogP contribution in [0.3, 0.4) is 0 Å². The van der Waals surface area contributed by atoms with Gasteiger partial charge < -0.3 is 24.8 Å². The zero-order chi connectivity index (χ0) is 32.4. The standard InChI is InChI=1S/C39H42N2O6/c42-36(43)13-8-26-6-9-31(10-7-26)32-11-12-35(34(21-32)39-22-28-18-29(23-39)20-30(19-28)24-39)47-37(44)40-33-14-16-41(17-15-33)38(45)46-25-27-4-2-1-3-5-27/h1-13,21,28-30,33H,14-20,22-25H2,(H,40,44)(H,42,43)/b13-8+. The third-order valence-corrected chi connectivity index (χ3v) is 10.7. The van der Waals surface area contributed by atoms with Crippen LogP contribution in [-0.4, -0.2) is 47.3 Å². The van der Waals surface area contributed by atoms with Crippen molar-refractivity contribution >= 4 is 24.2 Å². The molecule has 47 heavy (non-hydrogen) atoms. The normalized spacial score (nSPS) is 25.1. The summed E-state index contributed by atoms with van der Waals surface area (Å²) in [5.41, 5.74) is 5.01. The minimum atomic E-state index is -0.974. The lowest BCUT2D eigenvalue weighted by Gasteiger charge is -2.57. The average Bonchev–Trinajstić information content (AvgIpc) is 3.07. The van der Waals surface area contributed by atoms with E-state index >= 15 is 0 Å². The molecule has 4 aliphatic carbocycles. The van der Waals surface area contributed by atoms with E-state index in [2.05, 4.69) is 11.4 Å². The maximum Gasteiger partial charge on any atom is 0.412 e. The summed E-state index contributed by atoms with van der Waals surface area (Å²) >= 11 is 0. The van der Waals surface area contributed by atoms with Gasteiger partial charge in [-0.2, -0.15) is 0 Å². The highest BCUT2D eigenvalue weighted by molar-refractivity contribution is 5.85. The van der Waals surface area contributed by atoms with Crippen molar-refractivity contribution in [2.75, 3.05) is 13.1 Å². The van der Waals surface area contributed by atoms with Crippen molar-refractivity contribution in [3.05, 3.63) is 95.6 Å². The van der Waals surface area contributed by atoms with Gasteiger partial charge >= 0.3 is 18.2 Å². The van der Waals surface area contributed by atoms with Crippen LogP contribution in [0.2, 0.25) is 0 Å². The monoisotopic (exact) mass is 634 g/mol. The molecule has 2 N–H and O–H groups in total. The molecule has 1 saturated heterocycles. The summed E-state index contributed by atoms with van der Waals surface area (Å²) in [7, 11) is 0. The molecule has 8 heteroatoms. The number of carboxylic acid groups (broad SMARTS) is 1. The number of carbonyl (C=O) groups excluding carboxylic acids is 2. The Morgan fingerprint density at radius 1 is 0.851 bits per heavy atom. The number of carboxylic acids is 1. The van der Waals surface area contributed by atoms with Crippen molar-refractivity contribution in [3.8, 4) is 16.9 Å². The zero-order valence-electron chi connectivity index (χ0n) is 26.6. The minimum Gasteiger partial charge on any atom is -0.478 e. The highest BCUT2D eigenvalue weighted by atomic mass is 16.6. The second-order valence-electron chi connectivity index (χ2n) is 14.0. The van der Waals surface area contributed by atoms with Crippen molar-refractivity contribution in [2.24, 2.45) is 17.8 Å². The number of nitrogens with zero attached hydrogens (tertiary/aromatic N) is 1. The van der Waals surface area contributed by atoms with Crippen LogP contribution in [0.25, 0.3) is 17.2 Å². The van der Waals surface area contributed by atoms with Gasteiger partial charge in [-0.25, -0.2) is 14.4 Å². The van der Waals surface area contributed by atoms with E-state index in [1.807, 2.05) is 66.7 Å². The summed E-state index contributed by atoms with van der Waals surface area (Å²) in [4.78, 5) is 38.6. The Labute approximate surface area is 275 Å². The average molecular weight is 635 g/mol. The van der Waals surface area contributed by atoms with Gasteiger partial charge in [-0.1, -0.05) is 60.7 Å². The minimum absolute atomic E-state index is 0.00991. The fourth-order valence-corrected chi connectivity index (χ4v) is 8.92. The van der Waals surface area contributed by atoms with Gasteiger partial charge in [0, 0.05) is 30.8 Å². The molecule has 1 aliphatic heterocycles. The highest BCUT2D eigenvalue weighted by Crippen LogP contribution is 2.62. The van der Waals surface area contributed by atoms with Crippen molar-refractivity contribution in [1.29, 1.82) is 0 Å². The maximum absolute atomic E-state index is 13.3. The van der Waals surface area contributed by atoms with Crippen molar-refractivity contribution in [3.63, 3.8) is 0 Å². The first-order valence-electron chi connectivity index (χ1n) is 16.9. The number of aliphatic carboxylic acids is 1. The van der Waals surface area contributed by atoms with E-state index in [9.17, 15) is 14.4 Å². The number of hydrogen-bond acceptors (Lipinski definition) is 5. The number of likely N-dealkylation sites (tertiary alicyclic amines) is 1. The van der Waals surface area contributed by atoms with Crippen LogP contribution >= 0.6 is 0 Å². The Hall–Kier alpha value is -4.59. The number of benzene rings is 3. The molecule has 3 aromatic rings. The van der Waals surface area contributed by atoms with Crippen molar-refractivity contribution in [1.82, 2.24) is 10.2 Å². The van der Waals surface area contributed by atoms with E-state index in [0.29, 0.717) is 31.7 Å². The summed E-state index contributed by atoms with van der Waals surface area (Å²) in [5, 5.41) is 12.0. The third kappa shape index (κ3) is 7.07. The lowest BCUT2D eigenvalue weighted by atomic mass is 9.48. The summed E-state index contributed by atoms with van der Waals surface area (Å²) in [6.07, 6.45) is 10.6. The lowest BCUT2D eigenvalue weighted by molar-refractivity contribution is -0.131. The zero-order valence-corrected chi connectivity index (χ0v) is 26.6. The second-order valence-corrected chi connectivity index (χ2v) is 14.0. The number of rotatable bonds is 8. The SMILES string of the molecule is O=C(O)/C=C/c1ccc(-c2ccc(OC(=O)NC3CCN(C(=O)OCc4ccccc4)CC3)c(C34CC5CC(CC(C5)C3)C4)c2)cc1. The van der Waals surface area contributed by atoms with Gasteiger partial charge in [0.1, 0.15) is 12.4 Å². The molecule has 5 fully saturated rings. The topological polar surface area (TPSA) is 105 Å². The molecule has 3 aromatic carbocycles. The predicted octanol–water partition coefficient (Wildman–Crippen LogP) is 7.81. The van der Waals surface area contributed by atoms with Gasteiger partial charge in [-0.05, 0) is 115 Å². The van der Waals surface area contributed by atoms with E-state index in [4.69, 9.17) is 14.6 Å². The van der Waals surface area contributed by atoms with Crippen LogP contribution in [0.5, 0.6) is 5.75 Å². The Morgan fingerprint density at radius 2 is 1.49 bits per heavy atom. The summed E-state index contributed by atoms with van der Waals surface area (Å²) in [6.45, 7) is 1.26.